The van der Waals surface area contributed by atoms with Crippen molar-refractivity contribution in [2.45, 2.75) is 6.92 Å². The molecule has 1 fully saturated rings. The highest BCUT2D eigenvalue weighted by molar-refractivity contribution is 5.87. The molecule has 1 saturated heterocycles. The molecular weight excluding hydrogens is 270 g/mol. The van der Waals surface area contributed by atoms with Gasteiger partial charge >= 0.3 is 0 Å². The number of fused-ring (bicyclic) bond motifs is 1. The number of aromatic nitrogens is 4. The molecule has 108 valence electrons. The predicted molar refractivity (Wildman–Crippen MR) is 77.2 cm³/mol. The van der Waals surface area contributed by atoms with E-state index in [1.807, 2.05) is 13.0 Å². The molecule has 0 aliphatic carbocycles. The van der Waals surface area contributed by atoms with Gasteiger partial charge in [0.25, 0.3) is 0 Å². The first-order chi connectivity index (χ1) is 10.3. The van der Waals surface area contributed by atoms with Gasteiger partial charge in [-0.1, -0.05) is 0 Å². The van der Waals surface area contributed by atoms with Crippen molar-refractivity contribution in [3.05, 3.63) is 24.3 Å². The second-order valence-electron chi connectivity index (χ2n) is 5.01. The summed E-state index contributed by atoms with van der Waals surface area (Å²) in [6.07, 6.45) is 3.53. The Labute approximate surface area is 120 Å². The molecule has 4 rings (SSSR count). The van der Waals surface area contributed by atoms with Crippen LogP contribution in [-0.4, -0.2) is 46.5 Å². The number of furan rings is 1. The molecule has 3 aromatic heterocycles. The Balaban J connectivity index is 1.85. The molecule has 0 aromatic carbocycles. The van der Waals surface area contributed by atoms with E-state index in [0.29, 0.717) is 13.2 Å². The molecular formula is C14H15N5O2. The quantitative estimate of drug-likeness (QED) is 0.772. The van der Waals surface area contributed by atoms with Crippen LogP contribution in [0.25, 0.3) is 22.4 Å². The maximum atomic E-state index is 5.98. The van der Waals surface area contributed by atoms with Gasteiger partial charge in [0, 0.05) is 25.4 Å². The molecule has 0 amide bonds. The van der Waals surface area contributed by atoms with E-state index >= 15 is 0 Å². The first kappa shape index (κ1) is 12.3. The summed E-state index contributed by atoms with van der Waals surface area (Å²) in [6.45, 7) is 4.94. The van der Waals surface area contributed by atoms with Gasteiger partial charge in [0.2, 0.25) is 0 Å². The van der Waals surface area contributed by atoms with E-state index in [2.05, 4.69) is 25.1 Å². The first-order valence-corrected chi connectivity index (χ1v) is 6.91. The molecule has 1 aliphatic heterocycles. The zero-order valence-corrected chi connectivity index (χ0v) is 11.7. The number of nitrogens with zero attached hydrogens (tertiary/aromatic N) is 4. The normalized spacial score (nSPS) is 15.8. The highest BCUT2D eigenvalue weighted by atomic mass is 16.5. The molecule has 0 atom stereocenters. The molecule has 0 radical (unpaired) electrons. The van der Waals surface area contributed by atoms with Gasteiger partial charge in [-0.3, -0.25) is 5.10 Å². The predicted octanol–water partition coefficient (Wildman–Crippen LogP) is 1.76. The number of aryl methyl sites for hydroxylation is 1. The minimum Gasteiger partial charge on any atom is -0.450 e. The van der Waals surface area contributed by atoms with Gasteiger partial charge in [-0.2, -0.15) is 5.10 Å². The van der Waals surface area contributed by atoms with Crippen LogP contribution in [0.5, 0.6) is 0 Å². The summed E-state index contributed by atoms with van der Waals surface area (Å²) in [5.74, 6) is 2.33. The number of nitrogens with one attached hydrogen (secondary N) is 1. The van der Waals surface area contributed by atoms with Gasteiger partial charge in [-0.25, -0.2) is 9.97 Å². The summed E-state index contributed by atoms with van der Waals surface area (Å²) in [5.41, 5.74) is 2.44. The molecule has 0 bridgehead atoms. The summed E-state index contributed by atoms with van der Waals surface area (Å²) in [6, 6.07) is 1.93. The van der Waals surface area contributed by atoms with E-state index in [1.165, 1.54) is 0 Å². The fourth-order valence-corrected chi connectivity index (χ4v) is 2.55. The Hall–Kier alpha value is -2.41. The maximum absolute atomic E-state index is 5.98. The molecule has 1 aliphatic rings. The second kappa shape index (κ2) is 4.85. The Bertz CT molecular complexity index is 759. The van der Waals surface area contributed by atoms with E-state index in [4.69, 9.17) is 9.15 Å². The van der Waals surface area contributed by atoms with Crippen molar-refractivity contribution >= 4 is 16.9 Å². The molecule has 0 unspecified atom stereocenters. The van der Waals surface area contributed by atoms with Gasteiger partial charge in [0.1, 0.15) is 17.1 Å². The Kier molecular flexibility index (Phi) is 2.85. The minimum atomic E-state index is 0.708. The first-order valence-electron chi connectivity index (χ1n) is 6.91. The summed E-state index contributed by atoms with van der Waals surface area (Å²) in [7, 11) is 0. The summed E-state index contributed by atoms with van der Waals surface area (Å²) in [5, 5.41) is 6.74. The molecule has 1 N–H and O–H groups in total. The third kappa shape index (κ3) is 2.15. The molecule has 7 nitrogen and oxygen atoms in total. The van der Waals surface area contributed by atoms with Crippen LogP contribution in [-0.2, 0) is 4.74 Å². The number of morpholine rings is 1. The maximum Gasteiger partial charge on any atom is 0.195 e. The van der Waals surface area contributed by atoms with E-state index in [1.54, 1.807) is 12.4 Å². The monoisotopic (exact) mass is 285 g/mol. The summed E-state index contributed by atoms with van der Waals surface area (Å²) >= 11 is 0. The van der Waals surface area contributed by atoms with Gasteiger partial charge in [0.15, 0.2) is 11.4 Å². The van der Waals surface area contributed by atoms with Crippen LogP contribution in [0.3, 0.4) is 0 Å². The van der Waals surface area contributed by atoms with Crippen molar-refractivity contribution in [3.63, 3.8) is 0 Å². The van der Waals surface area contributed by atoms with Gasteiger partial charge in [-0.15, -0.1) is 0 Å². The average Bonchev–Trinajstić information content (AvgIpc) is 3.16. The van der Waals surface area contributed by atoms with Gasteiger partial charge in [0.05, 0.1) is 25.0 Å². The van der Waals surface area contributed by atoms with Gasteiger partial charge < -0.3 is 14.1 Å². The van der Waals surface area contributed by atoms with Crippen molar-refractivity contribution in [3.8, 4) is 11.3 Å². The van der Waals surface area contributed by atoms with E-state index in [9.17, 15) is 0 Å². The molecule has 21 heavy (non-hydrogen) atoms. The minimum absolute atomic E-state index is 0.708. The third-order valence-electron chi connectivity index (χ3n) is 3.56. The number of rotatable bonds is 2. The smallest absolute Gasteiger partial charge is 0.195 e. The fraction of sp³-hybridized carbons (Fsp3) is 0.357. The van der Waals surface area contributed by atoms with Crippen molar-refractivity contribution in [1.82, 2.24) is 20.2 Å². The number of anilines is 1. The Morgan fingerprint density at radius 2 is 2.10 bits per heavy atom. The average molecular weight is 285 g/mol. The highest BCUT2D eigenvalue weighted by Gasteiger charge is 2.20. The largest absolute Gasteiger partial charge is 0.450 e. The number of H-pyrrole nitrogens is 1. The molecule has 7 heteroatoms. The van der Waals surface area contributed by atoms with Crippen molar-refractivity contribution < 1.29 is 9.15 Å². The van der Waals surface area contributed by atoms with E-state index < -0.39 is 0 Å². The third-order valence-corrected chi connectivity index (χ3v) is 3.56. The standard InChI is InChI=1S/C14H15N5O2/c1-9-17-11-6-12(10-7-15-16-8-10)21-13(11)14(18-9)19-2-4-20-5-3-19/h6-8H,2-5H2,1H3,(H,15,16). The van der Waals surface area contributed by atoms with Crippen molar-refractivity contribution in [1.29, 1.82) is 0 Å². The van der Waals surface area contributed by atoms with Gasteiger partial charge in [-0.05, 0) is 6.92 Å². The lowest BCUT2D eigenvalue weighted by Crippen LogP contribution is -2.37. The van der Waals surface area contributed by atoms with Crippen molar-refractivity contribution in [2.24, 2.45) is 0 Å². The summed E-state index contributed by atoms with van der Waals surface area (Å²) in [4.78, 5) is 11.2. The van der Waals surface area contributed by atoms with Crippen LogP contribution in [0.2, 0.25) is 0 Å². The fourth-order valence-electron chi connectivity index (χ4n) is 2.55. The number of hydrogen-bond donors (Lipinski definition) is 1. The van der Waals surface area contributed by atoms with Crippen LogP contribution in [0.15, 0.2) is 22.9 Å². The molecule has 4 heterocycles. The van der Waals surface area contributed by atoms with Crippen molar-refractivity contribution in [2.75, 3.05) is 31.2 Å². The number of ether oxygens (including phenoxy) is 1. The second-order valence-corrected chi connectivity index (χ2v) is 5.01. The van der Waals surface area contributed by atoms with Crippen LogP contribution in [0.4, 0.5) is 5.82 Å². The highest BCUT2D eigenvalue weighted by Crippen LogP contribution is 2.31. The number of hydrogen-bond acceptors (Lipinski definition) is 6. The van der Waals surface area contributed by atoms with Crippen LogP contribution >= 0.6 is 0 Å². The molecule has 0 spiro atoms. The zero-order valence-electron chi connectivity index (χ0n) is 11.7. The summed E-state index contributed by atoms with van der Waals surface area (Å²) < 4.78 is 11.4. The van der Waals surface area contributed by atoms with Crippen LogP contribution in [0, 0.1) is 6.92 Å². The number of aromatic amines is 1. The molecule has 0 saturated carbocycles. The zero-order chi connectivity index (χ0) is 14.2. The van der Waals surface area contributed by atoms with E-state index in [0.717, 1.165) is 47.2 Å². The SMILES string of the molecule is Cc1nc(N2CCOCC2)c2oc(-c3cn[nH]c3)cc2n1. The Morgan fingerprint density at radius 1 is 1.24 bits per heavy atom. The molecule has 3 aromatic rings. The topological polar surface area (TPSA) is 80.1 Å². The lowest BCUT2D eigenvalue weighted by molar-refractivity contribution is 0.122. The lowest BCUT2D eigenvalue weighted by Gasteiger charge is -2.27. The van der Waals surface area contributed by atoms with Crippen LogP contribution in [0.1, 0.15) is 5.82 Å². The Morgan fingerprint density at radius 3 is 2.86 bits per heavy atom. The van der Waals surface area contributed by atoms with Crippen LogP contribution < -0.4 is 4.90 Å². The lowest BCUT2D eigenvalue weighted by atomic mass is 10.3. The van der Waals surface area contributed by atoms with E-state index in [-0.39, 0.29) is 0 Å².